The molecule has 0 aliphatic carbocycles. The van der Waals surface area contributed by atoms with Crippen LogP contribution in [0.2, 0.25) is 0 Å². The van der Waals surface area contributed by atoms with E-state index in [1.807, 2.05) is 11.8 Å². The molecule has 1 aromatic rings. The second kappa shape index (κ2) is 9.86. The summed E-state index contributed by atoms with van der Waals surface area (Å²) in [6.07, 6.45) is 1.42. The summed E-state index contributed by atoms with van der Waals surface area (Å²) in [5.74, 6) is 0.0811. The van der Waals surface area contributed by atoms with Gasteiger partial charge in [-0.1, -0.05) is 18.2 Å². The number of ether oxygens (including phenoxy) is 1. The Bertz CT molecular complexity index is 904. The molecule has 0 saturated carbocycles. The van der Waals surface area contributed by atoms with Crippen molar-refractivity contribution >= 4 is 21.8 Å². The van der Waals surface area contributed by atoms with Crippen LogP contribution in [0.5, 0.6) is 0 Å². The molecule has 3 aliphatic heterocycles. The first-order chi connectivity index (χ1) is 15.4. The SMILES string of the molecule is CC(C(=O)N1CCN(S(=O)(=O)c2ccccc2)CC1)N1CCN(C(=O)C2CCCO2)CC1. The van der Waals surface area contributed by atoms with Crippen molar-refractivity contribution in [3.05, 3.63) is 30.3 Å². The first kappa shape index (κ1) is 23.2. The summed E-state index contributed by atoms with van der Waals surface area (Å²) < 4.78 is 32.6. The number of amides is 2. The van der Waals surface area contributed by atoms with Gasteiger partial charge in [-0.05, 0) is 31.9 Å². The van der Waals surface area contributed by atoms with Crippen molar-refractivity contribution in [1.82, 2.24) is 19.0 Å². The van der Waals surface area contributed by atoms with E-state index in [4.69, 9.17) is 4.74 Å². The molecule has 0 radical (unpaired) electrons. The highest BCUT2D eigenvalue weighted by Gasteiger charge is 2.35. The van der Waals surface area contributed by atoms with Crippen LogP contribution in [-0.4, -0.2) is 110 Å². The summed E-state index contributed by atoms with van der Waals surface area (Å²) in [6.45, 7) is 6.38. The third-order valence-corrected chi connectivity index (χ3v) is 8.58. The predicted molar refractivity (Wildman–Crippen MR) is 118 cm³/mol. The molecule has 3 saturated heterocycles. The molecule has 0 N–H and O–H groups in total. The average molecular weight is 465 g/mol. The van der Waals surface area contributed by atoms with Gasteiger partial charge >= 0.3 is 0 Å². The quantitative estimate of drug-likeness (QED) is 0.620. The van der Waals surface area contributed by atoms with Gasteiger partial charge in [0.05, 0.1) is 10.9 Å². The fraction of sp³-hybridized carbons (Fsp3) is 0.636. The Labute approximate surface area is 189 Å². The minimum Gasteiger partial charge on any atom is -0.368 e. The lowest BCUT2D eigenvalue weighted by Crippen LogP contribution is -2.59. The Morgan fingerprint density at radius 3 is 2.16 bits per heavy atom. The van der Waals surface area contributed by atoms with E-state index in [-0.39, 0.29) is 28.9 Å². The minimum atomic E-state index is -3.54. The lowest BCUT2D eigenvalue weighted by atomic mass is 10.1. The molecule has 0 aromatic heterocycles. The van der Waals surface area contributed by atoms with Crippen molar-refractivity contribution in [2.75, 3.05) is 59.0 Å². The third kappa shape index (κ3) is 4.83. The molecule has 10 heteroatoms. The number of rotatable bonds is 5. The van der Waals surface area contributed by atoms with Crippen molar-refractivity contribution in [2.24, 2.45) is 0 Å². The first-order valence-corrected chi connectivity index (χ1v) is 12.8. The van der Waals surface area contributed by atoms with Crippen LogP contribution in [0.3, 0.4) is 0 Å². The predicted octanol–water partition coefficient (Wildman–Crippen LogP) is 0.231. The number of carbonyl (C=O) groups is 2. The Kier molecular flexibility index (Phi) is 7.14. The van der Waals surface area contributed by atoms with Crippen molar-refractivity contribution in [3.63, 3.8) is 0 Å². The number of piperazine rings is 2. The monoisotopic (exact) mass is 464 g/mol. The van der Waals surface area contributed by atoms with E-state index >= 15 is 0 Å². The molecule has 9 nitrogen and oxygen atoms in total. The maximum absolute atomic E-state index is 13.1. The van der Waals surface area contributed by atoms with Crippen LogP contribution in [0.25, 0.3) is 0 Å². The molecule has 3 aliphatic rings. The van der Waals surface area contributed by atoms with Crippen LogP contribution in [0.15, 0.2) is 35.2 Å². The van der Waals surface area contributed by atoms with Crippen LogP contribution in [0.4, 0.5) is 0 Å². The van der Waals surface area contributed by atoms with Crippen LogP contribution in [0.1, 0.15) is 19.8 Å². The highest BCUT2D eigenvalue weighted by Crippen LogP contribution is 2.19. The second-order valence-corrected chi connectivity index (χ2v) is 10.5. The molecule has 176 valence electrons. The zero-order valence-electron chi connectivity index (χ0n) is 18.6. The molecule has 3 fully saturated rings. The highest BCUT2D eigenvalue weighted by atomic mass is 32.2. The van der Waals surface area contributed by atoms with E-state index in [2.05, 4.69) is 4.90 Å². The van der Waals surface area contributed by atoms with Gasteiger partial charge in [-0.15, -0.1) is 0 Å². The molecular formula is C22H32N4O5S. The third-order valence-electron chi connectivity index (χ3n) is 6.67. The van der Waals surface area contributed by atoms with Gasteiger partial charge in [0.1, 0.15) is 6.10 Å². The molecule has 4 rings (SSSR count). The lowest BCUT2D eigenvalue weighted by Gasteiger charge is -2.41. The summed E-state index contributed by atoms with van der Waals surface area (Å²) in [5, 5.41) is 0. The first-order valence-electron chi connectivity index (χ1n) is 11.4. The second-order valence-electron chi connectivity index (χ2n) is 8.58. The number of sulfonamides is 1. The minimum absolute atomic E-state index is 0.0145. The molecule has 2 amide bonds. The topological polar surface area (TPSA) is 90.5 Å². The smallest absolute Gasteiger partial charge is 0.251 e. The van der Waals surface area contributed by atoms with Gasteiger partial charge in [-0.2, -0.15) is 4.31 Å². The Morgan fingerprint density at radius 2 is 1.56 bits per heavy atom. The van der Waals surface area contributed by atoms with E-state index in [9.17, 15) is 18.0 Å². The number of hydrogen-bond acceptors (Lipinski definition) is 6. The fourth-order valence-corrected chi connectivity index (χ4v) is 6.06. The largest absolute Gasteiger partial charge is 0.368 e. The van der Waals surface area contributed by atoms with Crippen LogP contribution < -0.4 is 0 Å². The van der Waals surface area contributed by atoms with E-state index in [0.717, 1.165) is 12.8 Å². The molecule has 2 unspecified atom stereocenters. The van der Waals surface area contributed by atoms with Gasteiger partial charge in [0.2, 0.25) is 15.9 Å². The Hall–Kier alpha value is -2.01. The van der Waals surface area contributed by atoms with E-state index in [0.29, 0.717) is 59.0 Å². The van der Waals surface area contributed by atoms with E-state index < -0.39 is 10.0 Å². The number of benzene rings is 1. The Balaban J connectivity index is 1.27. The summed E-state index contributed by atoms with van der Waals surface area (Å²) in [4.78, 5) is 31.6. The molecule has 0 bridgehead atoms. The number of nitrogens with zero attached hydrogens (tertiary/aromatic N) is 4. The van der Waals surface area contributed by atoms with Crippen LogP contribution in [-0.2, 0) is 24.3 Å². The zero-order chi connectivity index (χ0) is 22.7. The van der Waals surface area contributed by atoms with Crippen molar-refractivity contribution in [1.29, 1.82) is 0 Å². The van der Waals surface area contributed by atoms with Gasteiger partial charge in [0.25, 0.3) is 5.91 Å². The molecule has 2 atom stereocenters. The fourth-order valence-electron chi connectivity index (χ4n) is 4.62. The maximum atomic E-state index is 13.1. The number of carbonyl (C=O) groups excluding carboxylic acids is 2. The maximum Gasteiger partial charge on any atom is 0.251 e. The summed E-state index contributed by atoms with van der Waals surface area (Å²) in [7, 11) is -3.54. The van der Waals surface area contributed by atoms with Gasteiger partial charge in [0.15, 0.2) is 0 Å². The van der Waals surface area contributed by atoms with Gasteiger partial charge in [-0.25, -0.2) is 8.42 Å². The summed E-state index contributed by atoms with van der Waals surface area (Å²) in [5.41, 5.74) is 0. The van der Waals surface area contributed by atoms with E-state index in [1.54, 1.807) is 35.2 Å². The Morgan fingerprint density at radius 1 is 0.938 bits per heavy atom. The molecule has 3 heterocycles. The van der Waals surface area contributed by atoms with Crippen molar-refractivity contribution in [3.8, 4) is 0 Å². The van der Waals surface area contributed by atoms with Crippen molar-refractivity contribution < 1.29 is 22.7 Å². The van der Waals surface area contributed by atoms with Gasteiger partial charge < -0.3 is 14.5 Å². The standard InChI is InChI=1S/C22H32N4O5S/c1-18(23-9-11-25(12-10-23)22(28)20-8-5-17-31-20)21(27)24-13-15-26(16-14-24)32(29,30)19-6-3-2-4-7-19/h2-4,6-7,18,20H,5,8-17H2,1H3. The zero-order valence-corrected chi connectivity index (χ0v) is 19.4. The number of hydrogen-bond donors (Lipinski definition) is 0. The van der Waals surface area contributed by atoms with Crippen LogP contribution in [0, 0.1) is 0 Å². The van der Waals surface area contributed by atoms with Gasteiger partial charge in [0, 0.05) is 59.0 Å². The average Bonchev–Trinajstić information content (AvgIpc) is 3.38. The van der Waals surface area contributed by atoms with Gasteiger partial charge in [-0.3, -0.25) is 14.5 Å². The lowest BCUT2D eigenvalue weighted by molar-refractivity contribution is -0.144. The van der Waals surface area contributed by atoms with E-state index in [1.165, 1.54) is 4.31 Å². The highest BCUT2D eigenvalue weighted by molar-refractivity contribution is 7.89. The molecular weight excluding hydrogens is 432 g/mol. The normalized spacial score (nSPS) is 24.5. The van der Waals surface area contributed by atoms with Crippen molar-refractivity contribution in [2.45, 2.75) is 36.8 Å². The summed E-state index contributed by atoms with van der Waals surface area (Å²) in [6, 6.07) is 8.10. The molecule has 32 heavy (non-hydrogen) atoms. The molecule has 0 spiro atoms. The molecule has 1 aromatic carbocycles. The van der Waals surface area contributed by atoms with Crippen LogP contribution >= 0.6 is 0 Å². The summed E-state index contributed by atoms with van der Waals surface area (Å²) >= 11 is 0.